The standard InChI is InChI=1S/C15H17N3O3S/c1-8-4-9(2)14(10(3)5-8)16-13(21)7-22-15-17-11(19)6-12(20)18-15/h4-6H,7H2,1-3H3,(H,16,21)(H2,17,18,19,20). The number of thioether (sulfide) groups is 1. The van der Waals surface area contributed by atoms with Crippen LogP contribution in [0.4, 0.5) is 5.69 Å². The minimum absolute atomic E-state index is 0.0825. The van der Waals surface area contributed by atoms with Gasteiger partial charge in [-0.05, 0) is 31.9 Å². The van der Waals surface area contributed by atoms with Gasteiger partial charge in [0.2, 0.25) is 11.8 Å². The summed E-state index contributed by atoms with van der Waals surface area (Å²) >= 11 is 1.05. The van der Waals surface area contributed by atoms with Crippen molar-refractivity contribution in [2.75, 3.05) is 11.1 Å². The number of amides is 1. The summed E-state index contributed by atoms with van der Waals surface area (Å²) in [6.45, 7) is 5.89. The molecule has 1 aromatic carbocycles. The van der Waals surface area contributed by atoms with Crippen LogP contribution in [-0.4, -0.2) is 26.7 Å². The number of aryl methyl sites for hydroxylation is 3. The highest BCUT2D eigenvalue weighted by molar-refractivity contribution is 7.99. The monoisotopic (exact) mass is 319 g/mol. The third-order valence-electron chi connectivity index (χ3n) is 2.99. The van der Waals surface area contributed by atoms with Crippen LogP contribution in [0.5, 0.6) is 5.88 Å². The fourth-order valence-electron chi connectivity index (χ4n) is 2.18. The summed E-state index contributed by atoms with van der Waals surface area (Å²) in [6, 6.07) is 4.98. The summed E-state index contributed by atoms with van der Waals surface area (Å²) in [5, 5.41) is 12.3. The first kappa shape index (κ1) is 16.1. The second-order valence-corrected chi connectivity index (χ2v) is 5.98. The number of nitrogens with zero attached hydrogens (tertiary/aromatic N) is 1. The summed E-state index contributed by atoms with van der Waals surface area (Å²) in [4.78, 5) is 29.4. The predicted octanol–water partition coefficient (Wildman–Crippen LogP) is 2.13. The number of benzene rings is 1. The van der Waals surface area contributed by atoms with Gasteiger partial charge in [0.15, 0.2) is 5.16 Å². The molecule has 0 spiro atoms. The first-order valence-corrected chi connectivity index (χ1v) is 7.64. The molecule has 0 bridgehead atoms. The minimum atomic E-state index is -0.458. The predicted molar refractivity (Wildman–Crippen MR) is 86.5 cm³/mol. The van der Waals surface area contributed by atoms with E-state index in [1.165, 1.54) is 0 Å². The Bertz CT molecular complexity index is 748. The fourth-order valence-corrected chi connectivity index (χ4v) is 2.85. The number of rotatable bonds is 4. The molecule has 116 valence electrons. The molecular weight excluding hydrogens is 302 g/mol. The summed E-state index contributed by atoms with van der Waals surface area (Å²) in [6.07, 6.45) is 0. The Kier molecular flexibility index (Phi) is 4.87. The summed E-state index contributed by atoms with van der Waals surface area (Å²) in [5.41, 5.74) is 3.48. The first-order chi connectivity index (χ1) is 10.3. The number of aromatic amines is 1. The molecule has 0 radical (unpaired) electrons. The SMILES string of the molecule is Cc1cc(C)c(NC(=O)CSc2nc(O)cc(=O)[nH]2)c(C)c1. The van der Waals surface area contributed by atoms with Gasteiger partial charge < -0.3 is 15.4 Å². The average Bonchev–Trinajstić information content (AvgIpc) is 2.39. The highest BCUT2D eigenvalue weighted by atomic mass is 32.2. The second-order valence-electron chi connectivity index (χ2n) is 5.02. The van der Waals surface area contributed by atoms with Crippen LogP contribution in [0.25, 0.3) is 0 Å². The van der Waals surface area contributed by atoms with Crippen molar-refractivity contribution in [2.24, 2.45) is 0 Å². The molecule has 1 amide bonds. The quantitative estimate of drug-likeness (QED) is 0.593. The average molecular weight is 319 g/mol. The van der Waals surface area contributed by atoms with Crippen LogP contribution in [0, 0.1) is 20.8 Å². The Morgan fingerprint density at radius 2 is 1.91 bits per heavy atom. The number of hydrogen-bond donors (Lipinski definition) is 3. The van der Waals surface area contributed by atoms with E-state index in [1.54, 1.807) is 0 Å². The molecule has 2 rings (SSSR count). The van der Waals surface area contributed by atoms with Gasteiger partial charge in [-0.1, -0.05) is 29.5 Å². The lowest BCUT2D eigenvalue weighted by Gasteiger charge is -2.12. The van der Waals surface area contributed by atoms with Gasteiger partial charge in [0.25, 0.3) is 5.56 Å². The number of nitrogens with one attached hydrogen (secondary N) is 2. The van der Waals surface area contributed by atoms with E-state index in [-0.39, 0.29) is 22.7 Å². The Balaban J connectivity index is 2.03. The number of aromatic nitrogens is 2. The molecule has 7 heteroatoms. The van der Waals surface area contributed by atoms with Gasteiger partial charge in [-0.15, -0.1) is 0 Å². The molecule has 0 aliphatic rings. The van der Waals surface area contributed by atoms with Crippen molar-refractivity contribution in [2.45, 2.75) is 25.9 Å². The largest absolute Gasteiger partial charge is 0.493 e. The number of H-pyrrole nitrogens is 1. The second kappa shape index (κ2) is 6.65. The van der Waals surface area contributed by atoms with E-state index in [0.29, 0.717) is 0 Å². The molecule has 0 fully saturated rings. The summed E-state index contributed by atoms with van der Waals surface area (Å²) in [7, 11) is 0. The molecule has 3 N–H and O–H groups in total. The third-order valence-corrected chi connectivity index (χ3v) is 3.86. The first-order valence-electron chi connectivity index (χ1n) is 6.66. The summed E-state index contributed by atoms with van der Waals surface area (Å²) < 4.78 is 0. The van der Waals surface area contributed by atoms with E-state index in [0.717, 1.165) is 40.2 Å². The lowest BCUT2D eigenvalue weighted by molar-refractivity contribution is -0.113. The van der Waals surface area contributed by atoms with Crippen LogP contribution in [0.2, 0.25) is 0 Å². The van der Waals surface area contributed by atoms with Crippen molar-refractivity contribution in [3.63, 3.8) is 0 Å². The van der Waals surface area contributed by atoms with Crippen LogP contribution in [0.1, 0.15) is 16.7 Å². The molecule has 6 nitrogen and oxygen atoms in total. The van der Waals surface area contributed by atoms with Gasteiger partial charge in [0, 0.05) is 5.69 Å². The maximum atomic E-state index is 12.0. The van der Waals surface area contributed by atoms with Gasteiger partial charge in [-0.3, -0.25) is 9.59 Å². The van der Waals surface area contributed by atoms with Crippen LogP contribution in [0.3, 0.4) is 0 Å². The fraction of sp³-hybridized carbons (Fsp3) is 0.267. The number of carbonyl (C=O) groups is 1. The highest BCUT2D eigenvalue weighted by Gasteiger charge is 2.10. The molecule has 2 aromatic rings. The number of aromatic hydroxyl groups is 1. The van der Waals surface area contributed by atoms with Gasteiger partial charge in [0.1, 0.15) is 0 Å². The van der Waals surface area contributed by atoms with E-state index in [2.05, 4.69) is 15.3 Å². The number of hydrogen-bond acceptors (Lipinski definition) is 5. The van der Waals surface area contributed by atoms with E-state index in [4.69, 9.17) is 0 Å². The Labute approximate surface area is 132 Å². The molecule has 0 unspecified atom stereocenters. The van der Waals surface area contributed by atoms with Crippen molar-refractivity contribution in [1.29, 1.82) is 0 Å². The van der Waals surface area contributed by atoms with Crippen molar-refractivity contribution < 1.29 is 9.90 Å². The van der Waals surface area contributed by atoms with E-state index < -0.39 is 5.56 Å². The van der Waals surface area contributed by atoms with Crippen LogP contribution < -0.4 is 10.9 Å². The van der Waals surface area contributed by atoms with Crippen LogP contribution >= 0.6 is 11.8 Å². The highest BCUT2D eigenvalue weighted by Crippen LogP contribution is 2.22. The van der Waals surface area contributed by atoms with Gasteiger partial charge in [-0.25, -0.2) is 0 Å². The van der Waals surface area contributed by atoms with Crippen molar-refractivity contribution in [3.05, 3.63) is 45.2 Å². The van der Waals surface area contributed by atoms with E-state index >= 15 is 0 Å². The van der Waals surface area contributed by atoms with Crippen LogP contribution in [0.15, 0.2) is 28.2 Å². The molecule has 1 aromatic heterocycles. The number of carbonyl (C=O) groups excluding carboxylic acids is 1. The smallest absolute Gasteiger partial charge is 0.255 e. The summed E-state index contributed by atoms with van der Waals surface area (Å²) in [5.74, 6) is -0.484. The van der Waals surface area contributed by atoms with E-state index in [1.807, 2.05) is 32.9 Å². The molecular formula is C15H17N3O3S. The lowest BCUT2D eigenvalue weighted by Crippen LogP contribution is -2.16. The van der Waals surface area contributed by atoms with Crippen molar-refractivity contribution in [1.82, 2.24) is 9.97 Å². The van der Waals surface area contributed by atoms with E-state index in [9.17, 15) is 14.7 Å². The van der Waals surface area contributed by atoms with Crippen LogP contribution in [-0.2, 0) is 4.79 Å². The molecule has 0 saturated heterocycles. The van der Waals surface area contributed by atoms with Gasteiger partial charge in [0.05, 0.1) is 11.8 Å². The maximum Gasteiger partial charge on any atom is 0.255 e. The Morgan fingerprint density at radius 1 is 1.27 bits per heavy atom. The molecule has 0 aliphatic carbocycles. The molecule has 0 atom stereocenters. The minimum Gasteiger partial charge on any atom is -0.493 e. The Hall–Kier alpha value is -2.28. The zero-order chi connectivity index (χ0) is 16.3. The molecule has 0 aliphatic heterocycles. The number of anilines is 1. The van der Waals surface area contributed by atoms with Gasteiger partial charge >= 0.3 is 0 Å². The van der Waals surface area contributed by atoms with Crippen molar-refractivity contribution >= 4 is 23.4 Å². The zero-order valence-electron chi connectivity index (χ0n) is 12.6. The molecule has 0 saturated carbocycles. The van der Waals surface area contributed by atoms with Crippen molar-refractivity contribution in [3.8, 4) is 5.88 Å². The Morgan fingerprint density at radius 3 is 2.50 bits per heavy atom. The maximum absolute atomic E-state index is 12.0. The normalized spacial score (nSPS) is 10.5. The zero-order valence-corrected chi connectivity index (χ0v) is 13.4. The molecule has 22 heavy (non-hydrogen) atoms. The molecule has 1 heterocycles. The topological polar surface area (TPSA) is 95.1 Å². The van der Waals surface area contributed by atoms with Gasteiger partial charge in [-0.2, -0.15) is 4.98 Å². The third kappa shape index (κ3) is 4.11. The lowest BCUT2D eigenvalue weighted by atomic mass is 10.1.